The lowest BCUT2D eigenvalue weighted by Crippen LogP contribution is -2.28. The molecule has 0 N–H and O–H groups in total. The van der Waals surface area contributed by atoms with Gasteiger partial charge in [-0.25, -0.2) is 0 Å². The molecule has 96 valence electrons. The first-order chi connectivity index (χ1) is 8.54. The van der Waals surface area contributed by atoms with Crippen LogP contribution in [0.5, 0.6) is 0 Å². The number of benzene rings is 1. The van der Waals surface area contributed by atoms with Crippen LogP contribution in [0.2, 0.25) is 0 Å². The van der Waals surface area contributed by atoms with Crippen LogP contribution >= 0.6 is 0 Å². The highest BCUT2D eigenvalue weighted by atomic mass is 16.2. The molecule has 0 heterocycles. The third-order valence-electron chi connectivity index (χ3n) is 3.04. The van der Waals surface area contributed by atoms with Crippen molar-refractivity contribution in [1.29, 1.82) is 5.26 Å². The fraction of sp³-hybridized carbons (Fsp3) is 0.467. The van der Waals surface area contributed by atoms with Crippen LogP contribution in [0.15, 0.2) is 24.3 Å². The predicted octanol–water partition coefficient (Wildman–Crippen LogP) is 2.72. The van der Waals surface area contributed by atoms with Gasteiger partial charge in [-0.05, 0) is 23.5 Å². The zero-order chi connectivity index (χ0) is 13.5. The van der Waals surface area contributed by atoms with Gasteiger partial charge in [-0.1, -0.05) is 38.1 Å². The summed E-state index contributed by atoms with van der Waals surface area (Å²) in [5.41, 5.74) is 2.55. The van der Waals surface area contributed by atoms with Crippen LogP contribution in [0.3, 0.4) is 0 Å². The first kappa shape index (κ1) is 14.2. The van der Waals surface area contributed by atoms with Crippen LogP contribution in [0, 0.1) is 11.3 Å². The van der Waals surface area contributed by atoms with Crippen molar-refractivity contribution in [2.24, 2.45) is 0 Å². The van der Waals surface area contributed by atoms with Crippen molar-refractivity contribution in [1.82, 2.24) is 4.90 Å². The summed E-state index contributed by atoms with van der Waals surface area (Å²) in [7, 11) is 1.74. The van der Waals surface area contributed by atoms with Gasteiger partial charge in [0, 0.05) is 13.6 Å². The Balaban J connectivity index is 2.49. The number of nitrogens with zero attached hydrogens (tertiary/aromatic N) is 2. The molecule has 0 spiro atoms. The molecule has 0 fully saturated rings. The van der Waals surface area contributed by atoms with Crippen LogP contribution in [-0.4, -0.2) is 24.4 Å². The Morgan fingerprint density at radius 3 is 2.44 bits per heavy atom. The molecule has 0 aliphatic rings. The summed E-state index contributed by atoms with van der Waals surface area (Å²) in [6.45, 7) is 4.99. The minimum atomic E-state index is -0.115. The molecule has 0 unspecified atom stereocenters. The van der Waals surface area contributed by atoms with Gasteiger partial charge in [0.05, 0.1) is 6.07 Å². The van der Waals surface area contributed by atoms with Crippen molar-refractivity contribution in [3.63, 3.8) is 0 Å². The SMILES string of the molecule is CC(C)c1ccc(CCN(C)C(=O)CC#N)cc1. The van der Waals surface area contributed by atoms with Gasteiger partial charge in [-0.2, -0.15) is 5.26 Å². The maximum atomic E-state index is 11.4. The summed E-state index contributed by atoms with van der Waals surface area (Å²) < 4.78 is 0. The molecule has 1 aromatic carbocycles. The topological polar surface area (TPSA) is 44.1 Å². The monoisotopic (exact) mass is 244 g/mol. The smallest absolute Gasteiger partial charge is 0.236 e. The minimum Gasteiger partial charge on any atom is -0.345 e. The molecular formula is C15H20N2O. The Hall–Kier alpha value is -1.82. The van der Waals surface area contributed by atoms with E-state index in [4.69, 9.17) is 5.26 Å². The van der Waals surface area contributed by atoms with Gasteiger partial charge >= 0.3 is 0 Å². The van der Waals surface area contributed by atoms with Crippen LogP contribution < -0.4 is 0 Å². The molecule has 0 aromatic heterocycles. The number of carbonyl (C=O) groups is 1. The number of likely N-dealkylation sites (N-methyl/N-ethyl adjacent to an activating group) is 1. The normalized spacial score (nSPS) is 10.2. The summed E-state index contributed by atoms with van der Waals surface area (Å²) in [6.07, 6.45) is 0.787. The molecule has 1 rings (SSSR count). The number of hydrogen-bond acceptors (Lipinski definition) is 2. The molecule has 0 aliphatic carbocycles. The fourth-order valence-electron chi connectivity index (χ4n) is 1.69. The summed E-state index contributed by atoms with van der Waals surface area (Å²) >= 11 is 0. The van der Waals surface area contributed by atoms with Gasteiger partial charge in [0.15, 0.2) is 0 Å². The van der Waals surface area contributed by atoms with Gasteiger partial charge < -0.3 is 4.90 Å². The highest BCUT2D eigenvalue weighted by Crippen LogP contribution is 2.15. The zero-order valence-electron chi connectivity index (χ0n) is 11.3. The van der Waals surface area contributed by atoms with E-state index < -0.39 is 0 Å². The summed E-state index contributed by atoms with van der Waals surface area (Å²) in [5, 5.41) is 8.46. The number of rotatable bonds is 5. The van der Waals surface area contributed by atoms with E-state index in [1.807, 2.05) is 6.07 Å². The highest BCUT2D eigenvalue weighted by molar-refractivity contribution is 5.77. The van der Waals surface area contributed by atoms with E-state index in [2.05, 4.69) is 38.1 Å². The van der Waals surface area contributed by atoms with E-state index in [1.54, 1.807) is 11.9 Å². The zero-order valence-corrected chi connectivity index (χ0v) is 11.3. The average molecular weight is 244 g/mol. The Morgan fingerprint density at radius 2 is 1.94 bits per heavy atom. The molecule has 3 nitrogen and oxygen atoms in total. The fourth-order valence-corrected chi connectivity index (χ4v) is 1.69. The van der Waals surface area contributed by atoms with Crippen LogP contribution in [-0.2, 0) is 11.2 Å². The van der Waals surface area contributed by atoms with Crippen LogP contribution in [0.25, 0.3) is 0 Å². The molecule has 0 atom stereocenters. The maximum absolute atomic E-state index is 11.4. The van der Waals surface area contributed by atoms with Gasteiger partial charge in [0.25, 0.3) is 0 Å². The van der Waals surface area contributed by atoms with E-state index in [9.17, 15) is 4.79 Å². The molecule has 1 amide bonds. The summed E-state index contributed by atoms with van der Waals surface area (Å²) in [5.74, 6) is 0.426. The van der Waals surface area contributed by atoms with E-state index in [0.29, 0.717) is 12.5 Å². The van der Waals surface area contributed by atoms with Gasteiger partial charge in [-0.15, -0.1) is 0 Å². The summed E-state index contributed by atoms with van der Waals surface area (Å²) in [4.78, 5) is 13.0. The molecule has 0 aliphatic heterocycles. The molecule has 18 heavy (non-hydrogen) atoms. The molecule has 1 aromatic rings. The number of carbonyl (C=O) groups excluding carboxylic acids is 1. The largest absolute Gasteiger partial charge is 0.345 e. The Labute approximate surface area is 109 Å². The third kappa shape index (κ3) is 4.21. The first-order valence-electron chi connectivity index (χ1n) is 6.24. The Bertz CT molecular complexity index is 429. The summed E-state index contributed by atoms with van der Waals surface area (Å²) in [6, 6.07) is 10.4. The lowest BCUT2D eigenvalue weighted by Gasteiger charge is -2.15. The Morgan fingerprint density at radius 1 is 1.33 bits per heavy atom. The van der Waals surface area contributed by atoms with Crippen LogP contribution in [0.4, 0.5) is 0 Å². The molecule has 0 saturated carbocycles. The molecule has 0 bridgehead atoms. The van der Waals surface area contributed by atoms with Crippen LogP contribution in [0.1, 0.15) is 37.3 Å². The molecular weight excluding hydrogens is 224 g/mol. The number of nitriles is 1. The molecule has 3 heteroatoms. The van der Waals surface area contributed by atoms with Gasteiger partial charge in [0.1, 0.15) is 6.42 Å². The number of hydrogen-bond donors (Lipinski definition) is 0. The van der Waals surface area contributed by atoms with E-state index in [-0.39, 0.29) is 12.3 Å². The first-order valence-corrected chi connectivity index (χ1v) is 6.24. The van der Waals surface area contributed by atoms with Crippen molar-refractivity contribution < 1.29 is 4.79 Å². The van der Waals surface area contributed by atoms with Gasteiger partial charge in [0.2, 0.25) is 5.91 Å². The lowest BCUT2D eigenvalue weighted by atomic mass is 10.0. The molecule has 0 saturated heterocycles. The van der Waals surface area contributed by atoms with Crippen molar-refractivity contribution >= 4 is 5.91 Å². The van der Waals surface area contributed by atoms with Crippen molar-refractivity contribution in [3.05, 3.63) is 35.4 Å². The molecule has 0 radical (unpaired) electrons. The van der Waals surface area contributed by atoms with Gasteiger partial charge in [-0.3, -0.25) is 4.79 Å². The standard InChI is InChI=1S/C15H20N2O/c1-12(2)14-6-4-13(5-7-14)9-11-17(3)15(18)8-10-16/h4-7,12H,8-9,11H2,1-3H3. The average Bonchev–Trinajstić information content (AvgIpc) is 2.36. The quantitative estimate of drug-likeness (QED) is 0.799. The lowest BCUT2D eigenvalue weighted by molar-refractivity contribution is -0.128. The maximum Gasteiger partial charge on any atom is 0.236 e. The van der Waals surface area contributed by atoms with Crippen molar-refractivity contribution in [3.8, 4) is 6.07 Å². The second-order valence-electron chi connectivity index (χ2n) is 4.80. The van der Waals surface area contributed by atoms with E-state index in [0.717, 1.165) is 6.42 Å². The highest BCUT2D eigenvalue weighted by Gasteiger charge is 2.07. The van der Waals surface area contributed by atoms with E-state index in [1.165, 1.54) is 11.1 Å². The Kier molecular flexibility index (Phi) is 5.38. The van der Waals surface area contributed by atoms with Crippen molar-refractivity contribution in [2.45, 2.75) is 32.6 Å². The second-order valence-corrected chi connectivity index (χ2v) is 4.80. The third-order valence-corrected chi connectivity index (χ3v) is 3.04. The second kappa shape index (κ2) is 6.80. The minimum absolute atomic E-state index is 0.0389. The van der Waals surface area contributed by atoms with E-state index >= 15 is 0 Å². The van der Waals surface area contributed by atoms with Crippen molar-refractivity contribution in [2.75, 3.05) is 13.6 Å². The number of amides is 1. The predicted molar refractivity (Wildman–Crippen MR) is 72.1 cm³/mol.